The fourth-order valence-corrected chi connectivity index (χ4v) is 2.01. The van der Waals surface area contributed by atoms with Crippen LogP contribution < -0.4 is 10.5 Å². The van der Waals surface area contributed by atoms with Crippen molar-refractivity contribution in [2.24, 2.45) is 0 Å². The Balaban J connectivity index is 2.15. The van der Waals surface area contributed by atoms with Crippen LogP contribution in [0.5, 0.6) is 0 Å². The van der Waals surface area contributed by atoms with Crippen molar-refractivity contribution >= 4 is 16.9 Å². The zero-order valence-electron chi connectivity index (χ0n) is 10.2. The van der Waals surface area contributed by atoms with Gasteiger partial charge in [0.1, 0.15) is 0 Å². The Morgan fingerprint density at radius 2 is 2.05 bits per heavy atom. The molecule has 0 radical (unpaired) electrons. The number of nitrogens with zero attached hydrogens (tertiary/aromatic N) is 2. The van der Waals surface area contributed by atoms with Gasteiger partial charge in [0.05, 0.1) is 11.9 Å². The normalized spacial score (nSPS) is 10.8. The monoisotopic (exact) mass is 257 g/mol. The van der Waals surface area contributed by atoms with Crippen LogP contribution >= 0.6 is 0 Å². The summed E-state index contributed by atoms with van der Waals surface area (Å²) in [5, 5.41) is 0.921. The van der Waals surface area contributed by atoms with Gasteiger partial charge >= 0.3 is 11.7 Å². The summed E-state index contributed by atoms with van der Waals surface area (Å²) in [6.45, 7) is 1.25. The SMILES string of the molecule is CC(=O)On1ccn(-c2c[nH]c3ccccc23)c1=O. The first-order chi connectivity index (χ1) is 9.16. The number of hydrogen-bond donors (Lipinski definition) is 1. The number of nitrogens with one attached hydrogen (secondary N) is 1. The highest BCUT2D eigenvalue weighted by Gasteiger charge is 2.11. The molecule has 6 heteroatoms. The lowest BCUT2D eigenvalue weighted by Crippen LogP contribution is -2.30. The van der Waals surface area contributed by atoms with Gasteiger partial charge in [-0.15, -0.1) is 4.73 Å². The van der Waals surface area contributed by atoms with Crippen LogP contribution in [0.1, 0.15) is 6.92 Å². The summed E-state index contributed by atoms with van der Waals surface area (Å²) in [6.07, 6.45) is 4.70. The molecule has 96 valence electrons. The minimum atomic E-state index is -0.543. The van der Waals surface area contributed by atoms with E-state index >= 15 is 0 Å². The van der Waals surface area contributed by atoms with Crippen molar-refractivity contribution < 1.29 is 9.63 Å². The standard InChI is InChI=1S/C13H11N3O3/c1-9(17)19-16-7-6-15(13(16)18)12-8-14-11-5-3-2-4-10(11)12/h2-8,14H,1H3. The van der Waals surface area contributed by atoms with Gasteiger partial charge in [-0.25, -0.2) is 9.59 Å². The number of rotatable bonds is 2. The van der Waals surface area contributed by atoms with Crippen LogP contribution in [0.15, 0.2) is 47.7 Å². The van der Waals surface area contributed by atoms with E-state index in [1.54, 1.807) is 12.4 Å². The van der Waals surface area contributed by atoms with Gasteiger partial charge in [0.2, 0.25) is 0 Å². The molecule has 1 N–H and O–H groups in total. The Bertz CT molecular complexity index is 810. The van der Waals surface area contributed by atoms with Gasteiger partial charge in [-0.1, -0.05) is 18.2 Å². The Morgan fingerprint density at radius 1 is 1.26 bits per heavy atom. The predicted molar refractivity (Wildman–Crippen MR) is 69.1 cm³/mol. The molecule has 0 bridgehead atoms. The van der Waals surface area contributed by atoms with E-state index in [1.165, 1.54) is 17.7 Å². The Kier molecular flexibility index (Phi) is 2.49. The number of carbonyl (C=O) groups is 1. The highest BCUT2D eigenvalue weighted by Crippen LogP contribution is 2.20. The average Bonchev–Trinajstić information content (AvgIpc) is 2.94. The molecule has 6 nitrogen and oxygen atoms in total. The van der Waals surface area contributed by atoms with Crippen LogP contribution in [0.25, 0.3) is 16.6 Å². The predicted octanol–water partition coefficient (Wildman–Crippen LogP) is 1.10. The molecule has 0 aliphatic carbocycles. The topological polar surface area (TPSA) is 69.0 Å². The molecule has 3 rings (SSSR count). The fraction of sp³-hybridized carbons (Fsp3) is 0.0769. The van der Waals surface area contributed by atoms with Crippen molar-refractivity contribution in [3.8, 4) is 5.69 Å². The number of H-pyrrole nitrogens is 1. The van der Waals surface area contributed by atoms with Gasteiger partial charge in [-0.05, 0) is 6.07 Å². The molecule has 0 unspecified atom stereocenters. The van der Waals surface area contributed by atoms with Crippen molar-refractivity contribution in [1.29, 1.82) is 0 Å². The van der Waals surface area contributed by atoms with Gasteiger partial charge in [0.25, 0.3) is 0 Å². The molecule has 0 aliphatic rings. The van der Waals surface area contributed by atoms with Gasteiger partial charge < -0.3 is 9.82 Å². The van der Waals surface area contributed by atoms with Crippen molar-refractivity contribution in [2.45, 2.75) is 6.92 Å². The van der Waals surface area contributed by atoms with Crippen LogP contribution in [-0.4, -0.2) is 20.3 Å². The first-order valence-electron chi connectivity index (χ1n) is 5.72. The average molecular weight is 257 g/mol. The Hall–Kier alpha value is -2.76. The lowest BCUT2D eigenvalue weighted by Gasteiger charge is -2.00. The number of aromatic amines is 1. The van der Waals surface area contributed by atoms with Crippen molar-refractivity contribution in [3.63, 3.8) is 0 Å². The van der Waals surface area contributed by atoms with E-state index in [9.17, 15) is 9.59 Å². The number of imidazole rings is 1. The lowest BCUT2D eigenvalue weighted by molar-refractivity contribution is -0.141. The minimum Gasteiger partial charge on any atom is -0.359 e. The summed E-state index contributed by atoms with van der Waals surface area (Å²) < 4.78 is 2.33. The second-order valence-corrected chi connectivity index (χ2v) is 4.08. The maximum Gasteiger partial charge on any atom is 0.366 e. The molecule has 0 saturated carbocycles. The Labute approximate surface area is 107 Å². The smallest absolute Gasteiger partial charge is 0.359 e. The van der Waals surface area contributed by atoms with E-state index in [1.807, 2.05) is 24.3 Å². The van der Waals surface area contributed by atoms with E-state index in [0.29, 0.717) is 5.69 Å². The molecule has 0 saturated heterocycles. The molecule has 0 atom stereocenters. The third kappa shape index (κ3) is 1.83. The second-order valence-electron chi connectivity index (χ2n) is 4.08. The van der Waals surface area contributed by atoms with Crippen LogP contribution in [0.2, 0.25) is 0 Å². The molecular formula is C13H11N3O3. The zero-order valence-corrected chi connectivity index (χ0v) is 10.2. The molecule has 2 heterocycles. The summed E-state index contributed by atoms with van der Waals surface area (Å²) in [5.74, 6) is -0.543. The molecule has 0 fully saturated rings. The molecule has 1 aromatic carbocycles. The first kappa shape index (κ1) is 11.3. The number of carbonyl (C=O) groups excluding carboxylic acids is 1. The molecule has 0 spiro atoms. The minimum absolute atomic E-state index is 0.431. The van der Waals surface area contributed by atoms with E-state index in [4.69, 9.17) is 4.84 Å². The van der Waals surface area contributed by atoms with E-state index in [2.05, 4.69) is 4.98 Å². The van der Waals surface area contributed by atoms with E-state index in [0.717, 1.165) is 15.6 Å². The van der Waals surface area contributed by atoms with Crippen LogP contribution in [0, 0.1) is 0 Å². The summed E-state index contributed by atoms with van der Waals surface area (Å²) in [7, 11) is 0. The maximum atomic E-state index is 12.1. The summed E-state index contributed by atoms with van der Waals surface area (Å²) in [6, 6.07) is 7.65. The Morgan fingerprint density at radius 3 is 2.84 bits per heavy atom. The third-order valence-corrected chi connectivity index (χ3v) is 2.80. The largest absolute Gasteiger partial charge is 0.366 e. The quantitative estimate of drug-likeness (QED) is 0.747. The van der Waals surface area contributed by atoms with Gasteiger partial charge in [-0.3, -0.25) is 4.57 Å². The molecule has 2 aromatic heterocycles. The van der Waals surface area contributed by atoms with Crippen LogP contribution in [0.4, 0.5) is 0 Å². The van der Waals surface area contributed by atoms with E-state index in [-0.39, 0.29) is 0 Å². The van der Waals surface area contributed by atoms with Crippen LogP contribution in [-0.2, 0) is 4.79 Å². The van der Waals surface area contributed by atoms with E-state index < -0.39 is 11.7 Å². The molecule has 0 amide bonds. The summed E-state index contributed by atoms with van der Waals surface area (Å²) in [5.41, 5.74) is 1.22. The molecule has 0 aliphatic heterocycles. The second kappa shape index (κ2) is 4.16. The summed E-state index contributed by atoms with van der Waals surface area (Å²) in [4.78, 5) is 30.8. The number of para-hydroxylation sites is 1. The highest BCUT2D eigenvalue weighted by molar-refractivity contribution is 5.88. The van der Waals surface area contributed by atoms with Gasteiger partial charge in [-0.2, -0.15) is 0 Å². The first-order valence-corrected chi connectivity index (χ1v) is 5.72. The number of hydrogen-bond acceptors (Lipinski definition) is 3. The molecular weight excluding hydrogens is 246 g/mol. The van der Waals surface area contributed by atoms with Crippen molar-refractivity contribution in [1.82, 2.24) is 14.3 Å². The lowest BCUT2D eigenvalue weighted by atomic mass is 10.2. The van der Waals surface area contributed by atoms with Gasteiger partial charge in [0, 0.05) is 30.2 Å². The number of aromatic nitrogens is 3. The van der Waals surface area contributed by atoms with Crippen molar-refractivity contribution in [2.75, 3.05) is 0 Å². The fourth-order valence-electron chi connectivity index (χ4n) is 2.01. The third-order valence-electron chi connectivity index (χ3n) is 2.80. The zero-order chi connectivity index (χ0) is 13.4. The molecule has 3 aromatic rings. The number of fused-ring (bicyclic) bond motifs is 1. The highest BCUT2D eigenvalue weighted by atomic mass is 16.7. The van der Waals surface area contributed by atoms with Crippen molar-refractivity contribution in [3.05, 3.63) is 53.3 Å². The maximum absolute atomic E-state index is 12.1. The van der Waals surface area contributed by atoms with Crippen LogP contribution in [0.3, 0.4) is 0 Å². The number of benzene rings is 1. The van der Waals surface area contributed by atoms with Gasteiger partial charge in [0.15, 0.2) is 0 Å². The molecule has 19 heavy (non-hydrogen) atoms. The summed E-state index contributed by atoms with van der Waals surface area (Å²) >= 11 is 0.